The Labute approximate surface area is 116 Å². The van der Waals surface area contributed by atoms with Crippen LogP contribution in [0.3, 0.4) is 0 Å². The molecule has 0 atom stereocenters. The van der Waals surface area contributed by atoms with E-state index >= 15 is 0 Å². The Morgan fingerprint density at radius 2 is 1.85 bits per heavy atom. The Morgan fingerprint density at radius 3 is 2.30 bits per heavy atom. The number of anilines is 1. The minimum Gasteiger partial charge on any atom is -0.481 e. The standard InChI is InChI=1S/C11H15N3O5S/c1-14(7-6-10(15)16)11(17)13-8-2-4-9(5-3-8)20(12,18)19/h2-5H,6-7H2,1H3,(H,13,17)(H,15,16)(H2,12,18,19). The van der Waals surface area contributed by atoms with Crippen molar-refractivity contribution < 1.29 is 23.1 Å². The maximum absolute atomic E-state index is 11.7. The van der Waals surface area contributed by atoms with Gasteiger partial charge in [-0.05, 0) is 24.3 Å². The van der Waals surface area contributed by atoms with Gasteiger partial charge in [0, 0.05) is 19.3 Å². The van der Waals surface area contributed by atoms with E-state index in [4.69, 9.17) is 10.2 Å². The molecule has 9 heteroatoms. The molecule has 2 amide bonds. The molecule has 0 saturated carbocycles. The van der Waals surface area contributed by atoms with Crippen molar-refractivity contribution in [3.05, 3.63) is 24.3 Å². The highest BCUT2D eigenvalue weighted by Gasteiger charge is 2.11. The summed E-state index contributed by atoms with van der Waals surface area (Å²) in [7, 11) is -2.32. The summed E-state index contributed by atoms with van der Waals surface area (Å²) in [4.78, 5) is 23.2. The zero-order valence-corrected chi connectivity index (χ0v) is 11.6. The maximum Gasteiger partial charge on any atom is 0.321 e. The average Bonchev–Trinajstić information content (AvgIpc) is 2.35. The summed E-state index contributed by atoms with van der Waals surface area (Å²) in [5.74, 6) is -0.998. The highest BCUT2D eigenvalue weighted by molar-refractivity contribution is 7.89. The molecule has 20 heavy (non-hydrogen) atoms. The maximum atomic E-state index is 11.7. The zero-order valence-electron chi connectivity index (χ0n) is 10.7. The number of nitrogens with two attached hydrogens (primary N) is 1. The molecule has 0 spiro atoms. The van der Waals surface area contributed by atoms with Gasteiger partial charge in [0.1, 0.15) is 0 Å². The highest BCUT2D eigenvalue weighted by Crippen LogP contribution is 2.13. The number of benzene rings is 1. The third kappa shape index (κ3) is 4.86. The van der Waals surface area contributed by atoms with Gasteiger partial charge >= 0.3 is 12.0 Å². The van der Waals surface area contributed by atoms with Crippen molar-refractivity contribution in [2.45, 2.75) is 11.3 Å². The summed E-state index contributed by atoms with van der Waals surface area (Å²) in [5.41, 5.74) is 0.379. The van der Waals surface area contributed by atoms with Crippen LogP contribution in [0.1, 0.15) is 6.42 Å². The van der Waals surface area contributed by atoms with Crippen molar-refractivity contribution in [1.82, 2.24) is 4.90 Å². The predicted octanol–water partition coefficient (Wildman–Crippen LogP) is 0.272. The van der Waals surface area contributed by atoms with Crippen molar-refractivity contribution in [2.24, 2.45) is 5.14 Å². The van der Waals surface area contributed by atoms with Gasteiger partial charge in [0.2, 0.25) is 10.0 Å². The quantitative estimate of drug-likeness (QED) is 0.718. The van der Waals surface area contributed by atoms with Crippen molar-refractivity contribution in [3.8, 4) is 0 Å². The van der Waals surface area contributed by atoms with E-state index in [2.05, 4.69) is 5.32 Å². The van der Waals surface area contributed by atoms with Crippen LogP contribution in [0, 0.1) is 0 Å². The smallest absolute Gasteiger partial charge is 0.321 e. The molecule has 0 saturated heterocycles. The molecule has 0 aromatic heterocycles. The number of urea groups is 1. The van der Waals surface area contributed by atoms with Crippen molar-refractivity contribution in [3.63, 3.8) is 0 Å². The van der Waals surface area contributed by atoms with E-state index in [1.54, 1.807) is 0 Å². The fourth-order valence-corrected chi connectivity index (χ4v) is 1.83. The van der Waals surface area contributed by atoms with E-state index < -0.39 is 22.0 Å². The summed E-state index contributed by atoms with van der Waals surface area (Å²) in [5, 5.41) is 16.0. The zero-order chi connectivity index (χ0) is 15.3. The number of carboxylic acid groups (broad SMARTS) is 1. The van der Waals surface area contributed by atoms with E-state index in [9.17, 15) is 18.0 Å². The number of amides is 2. The molecule has 0 unspecified atom stereocenters. The van der Waals surface area contributed by atoms with E-state index in [-0.39, 0.29) is 17.9 Å². The predicted molar refractivity (Wildman–Crippen MR) is 71.7 cm³/mol. The number of hydrogen-bond acceptors (Lipinski definition) is 4. The van der Waals surface area contributed by atoms with Gasteiger partial charge in [-0.3, -0.25) is 4.79 Å². The van der Waals surface area contributed by atoms with E-state index in [1.807, 2.05) is 0 Å². The van der Waals surface area contributed by atoms with Gasteiger partial charge in [0.15, 0.2) is 0 Å². The largest absolute Gasteiger partial charge is 0.481 e. The number of carbonyl (C=O) groups is 2. The second-order valence-corrected chi connectivity index (χ2v) is 5.63. The van der Waals surface area contributed by atoms with Crippen LogP contribution in [0.2, 0.25) is 0 Å². The first kappa shape index (κ1) is 15.9. The Hall–Kier alpha value is -2.13. The Bertz CT molecular complexity index is 597. The van der Waals surface area contributed by atoms with E-state index in [1.165, 1.54) is 36.2 Å². The minimum absolute atomic E-state index is 0.0604. The monoisotopic (exact) mass is 301 g/mol. The molecule has 0 heterocycles. The molecule has 8 nitrogen and oxygen atoms in total. The van der Waals surface area contributed by atoms with Crippen LogP contribution >= 0.6 is 0 Å². The summed E-state index contributed by atoms with van der Waals surface area (Å²) in [6.07, 6.45) is -0.158. The summed E-state index contributed by atoms with van der Waals surface area (Å²) < 4.78 is 22.1. The van der Waals surface area contributed by atoms with Crippen LogP contribution in [0.4, 0.5) is 10.5 Å². The third-order valence-corrected chi connectivity index (χ3v) is 3.37. The molecule has 0 fully saturated rings. The van der Waals surface area contributed by atoms with E-state index in [0.717, 1.165) is 0 Å². The molecule has 0 aliphatic carbocycles. The normalized spacial score (nSPS) is 10.9. The number of primary sulfonamides is 1. The Balaban J connectivity index is 2.65. The third-order valence-electron chi connectivity index (χ3n) is 2.44. The lowest BCUT2D eigenvalue weighted by Gasteiger charge is -2.16. The number of aliphatic carboxylic acids is 1. The van der Waals surface area contributed by atoms with E-state index in [0.29, 0.717) is 5.69 Å². The fraction of sp³-hybridized carbons (Fsp3) is 0.273. The van der Waals surface area contributed by atoms with Gasteiger partial charge in [-0.2, -0.15) is 0 Å². The SMILES string of the molecule is CN(CCC(=O)O)C(=O)Nc1ccc(S(N)(=O)=O)cc1. The second kappa shape index (κ2) is 6.35. The van der Waals surface area contributed by atoms with Crippen LogP contribution in [-0.4, -0.2) is 44.0 Å². The number of hydrogen-bond donors (Lipinski definition) is 3. The van der Waals surface area contributed by atoms with Crippen molar-refractivity contribution in [1.29, 1.82) is 0 Å². The molecule has 0 aliphatic rings. The first-order valence-corrected chi connectivity index (χ1v) is 7.11. The molecule has 0 radical (unpaired) electrons. The first-order valence-electron chi connectivity index (χ1n) is 5.57. The Kier molecular flexibility index (Phi) is 5.06. The van der Waals surface area contributed by atoms with Crippen LogP contribution in [0.5, 0.6) is 0 Å². The first-order chi connectivity index (χ1) is 9.20. The molecule has 0 bridgehead atoms. The van der Waals surface area contributed by atoms with Gasteiger partial charge in [-0.15, -0.1) is 0 Å². The topological polar surface area (TPSA) is 130 Å². The molecule has 0 aliphatic heterocycles. The molecular weight excluding hydrogens is 286 g/mol. The number of nitrogens with one attached hydrogen (secondary N) is 1. The van der Waals surface area contributed by atoms with Gasteiger partial charge in [0.05, 0.1) is 11.3 Å². The number of rotatable bonds is 5. The fourth-order valence-electron chi connectivity index (χ4n) is 1.31. The summed E-state index contributed by atoms with van der Waals surface area (Å²) in [6.45, 7) is 0.0659. The van der Waals surface area contributed by atoms with Crippen LogP contribution in [0.25, 0.3) is 0 Å². The number of carbonyl (C=O) groups excluding carboxylic acids is 1. The number of carboxylic acids is 1. The van der Waals surface area contributed by atoms with Crippen LogP contribution in [-0.2, 0) is 14.8 Å². The van der Waals surface area contributed by atoms with Gasteiger partial charge in [0.25, 0.3) is 0 Å². The molecule has 110 valence electrons. The average molecular weight is 301 g/mol. The van der Waals surface area contributed by atoms with Crippen LogP contribution < -0.4 is 10.5 Å². The minimum atomic E-state index is -3.77. The molecule has 4 N–H and O–H groups in total. The summed E-state index contributed by atoms with van der Waals surface area (Å²) >= 11 is 0. The number of sulfonamides is 1. The van der Waals surface area contributed by atoms with Gasteiger partial charge < -0.3 is 15.3 Å². The van der Waals surface area contributed by atoms with Crippen LogP contribution in [0.15, 0.2) is 29.2 Å². The van der Waals surface area contributed by atoms with Crippen molar-refractivity contribution >= 4 is 27.7 Å². The van der Waals surface area contributed by atoms with Crippen molar-refractivity contribution in [2.75, 3.05) is 18.9 Å². The second-order valence-electron chi connectivity index (χ2n) is 4.06. The molecule has 1 aromatic rings. The lowest BCUT2D eigenvalue weighted by molar-refractivity contribution is -0.137. The van der Waals surface area contributed by atoms with Gasteiger partial charge in [-0.25, -0.2) is 18.4 Å². The lowest BCUT2D eigenvalue weighted by atomic mass is 10.3. The summed E-state index contributed by atoms with van der Waals surface area (Å²) in [6, 6.07) is 4.82. The Morgan fingerprint density at radius 1 is 1.30 bits per heavy atom. The highest BCUT2D eigenvalue weighted by atomic mass is 32.2. The molecular formula is C11H15N3O5S. The van der Waals surface area contributed by atoms with Gasteiger partial charge in [-0.1, -0.05) is 0 Å². The lowest BCUT2D eigenvalue weighted by Crippen LogP contribution is -2.33. The number of nitrogens with zero attached hydrogens (tertiary/aromatic N) is 1. The molecule has 1 aromatic carbocycles. The molecule has 1 rings (SSSR count).